The largest absolute Gasteiger partial charge is 0.368 e. The Morgan fingerprint density at radius 2 is 2.50 bits per heavy atom. The number of rotatable bonds is 4. The SMILES string of the molecule is C=C[C@H]1CC(=O)N([C@@H](CC)C(N)=O)C1. The maximum atomic E-state index is 11.5. The van der Waals surface area contributed by atoms with Crippen LogP contribution in [0.25, 0.3) is 0 Å². The molecule has 1 saturated heterocycles. The summed E-state index contributed by atoms with van der Waals surface area (Å²) in [6.45, 7) is 6.07. The highest BCUT2D eigenvalue weighted by Crippen LogP contribution is 2.21. The van der Waals surface area contributed by atoms with Gasteiger partial charge >= 0.3 is 0 Å². The molecule has 4 nitrogen and oxygen atoms in total. The summed E-state index contributed by atoms with van der Waals surface area (Å²) in [5, 5.41) is 0. The van der Waals surface area contributed by atoms with Gasteiger partial charge in [0.2, 0.25) is 11.8 Å². The van der Waals surface area contributed by atoms with Gasteiger partial charge in [-0.05, 0) is 6.42 Å². The minimum atomic E-state index is -0.451. The Balaban J connectivity index is 2.72. The van der Waals surface area contributed by atoms with Gasteiger partial charge in [-0.25, -0.2) is 0 Å². The Kier molecular flexibility index (Phi) is 3.28. The van der Waals surface area contributed by atoms with E-state index in [0.717, 1.165) is 0 Å². The second-order valence-corrected chi connectivity index (χ2v) is 3.57. The summed E-state index contributed by atoms with van der Waals surface area (Å²) in [7, 11) is 0. The second-order valence-electron chi connectivity index (χ2n) is 3.57. The van der Waals surface area contributed by atoms with Gasteiger partial charge in [0.15, 0.2) is 0 Å². The van der Waals surface area contributed by atoms with Crippen LogP contribution in [0.5, 0.6) is 0 Å². The molecule has 78 valence electrons. The summed E-state index contributed by atoms with van der Waals surface area (Å²) in [6, 6.07) is -0.451. The lowest BCUT2D eigenvalue weighted by Gasteiger charge is -2.23. The van der Waals surface area contributed by atoms with E-state index in [2.05, 4.69) is 6.58 Å². The van der Waals surface area contributed by atoms with Crippen molar-refractivity contribution in [3.8, 4) is 0 Å². The molecule has 2 N–H and O–H groups in total. The number of nitrogens with zero attached hydrogens (tertiary/aromatic N) is 1. The number of hydrogen-bond acceptors (Lipinski definition) is 2. The number of hydrogen-bond donors (Lipinski definition) is 1. The van der Waals surface area contributed by atoms with Crippen molar-refractivity contribution in [1.29, 1.82) is 0 Å². The van der Waals surface area contributed by atoms with Crippen LogP contribution in [-0.4, -0.2) is 29.3 Å². The molecule has 0 spiro atoms. The average Bonchev–Trinajstić information content (AvgIpc) is 2.48. The fourth-order valence-corrected chi connectivity index (χ4v) is 1.79. The number of carbonyl (C=O) groups excluding carboxylic acids is 2. The molecule has 0 aromatic rings. The molecular weight excluding hydrogens is 180 g/mol. The normalized spacial score (nSPS) is 23.6. The lowest BCUT2D eigenvalue weighted by molar-refractivity contribution is -0.136. The Bertz CT molecular complexity index is 263. The molecule has 0 aromatic heterocycles. The highest BCUT2D eigenvalue weighted by Gasteiger charge is 2.34. The molecule has 0 unspecified atom stereocenters. The number of amides is 2. The van der Waals surface area contributed by atoms with Crippen LogP contribution < -0.4 is 5.73 Å². The van der Waals surface area contributed by atoms with Gasteiger partial charge in [-0.1, -0.05) is 13.0 Å². The van der Waals surface area contributed by atoms with Gasteiger partial charge in [0.05, 0.1) is 0 Å². The molecular formula is C10H16N2O2. The minimum absolute atomic E-state index is 0.000509. The van der Waals surface area contributed by atoms with Crippen LogP contribution in [0.15, 0.2) is 12.7 Å². The first-order chi connectivity index (χ1) is 6.60. The standard InChI is InChI=1S/C10H16N2O2/c1-3-7-5-9(13)12(6-7)8(4-2)10(11)14/h3,7-8H,1,4-6H2,2H3,(H2,11,14)/t7-,8-/m0/s1. The molecule has 2 atom stereocenters. The van der Waals surface area contributed by atoms with Crippen molar-refractivity contribution in [3.05, 3.63) is 12.7 Å². The van der Waals surface area contributed by atoms with Gasteiger partial charge in [-0.15, -0.1) is 6.58 Å². The van der Waals surface area contributed by atoms with Crippen LogP contribution in [-0.2, 0) is 9.59 Å². The third-order valence-corrected chi connectivity index (χ3v) is 2.61. The molecule has 0 bridgehead atoms. The van der Waals surface area contributed by atoms with Gasteiger partial charge in [0.25, 0.3) is 0 Å². The predicted octanol–water partition coefficient (Wildman–Crippen LogP) is 0.285. The molecule has 0 radical (unpaired) electrons. The Labute approximate surface area is 83.8 Å². The van der Waals surface area contributed by atoms with Gasteiger partial charge in [-0.3, -0.25) is 9.59 Å². The van der Waals surface area contributed by atoms with Crippen LogP contribution in [0.2, 0.25) is 0 Å². The van der Waals surface area contributed by atoms with Crippen molar-refractivity contribution in [2.75, 3.05) is 6.54 Å². The fraction of sp³-hybridized carbons (Fsp3) is 0.600. The maximum Gasteiger partial charge on any atom is 0.240 e. The van der Waals surface area contributed by atoms with Crippen LogP contribution in [0, 0.1) is 5.92 Å². The number of nitrogens with two attached hydrogens (primary N) is 1. The zero-order chi connectivity index (χ0) is 10.7. The van der Waals surface area contributed by atoms with Crippen molar-refractivity contribution in [2.45, 2.75) is 25.8 Å². The summed E-state index contributed by atoms with van der Waals surface area (Å²) < 4.78 is 0. The van der Waals surface area contributed by atoms with E-state index in [9.17, 15) is 9.59 Å². The maximum absolute atomic E-state index is 11.5. The molecule has 1 heterocycles. The highest BCUT2D eigenvalue weighted by atomic mass is 16.2. The van der Waals surface area contributed by atoms with E-state index in [0.29, 0.717) is 19.4 Å². The molecule has 4 heteroatoms. The topological polar surface area (TPSA) is 63.4 Å². The van der Waals surface area contributed by atoms with E-state index in [4.69, 9.17) is 5.73 Å². The first kappa shape index (κ1) is 10.8. The van der Waals surface area contributed by atoms with Crippen molar-refractivity contribution < 1.29 is 9.59 Å². The molecule has 14 heavy (non-hydrogen) atoms. The number of likely N-dealkylation sites (tertiary alicyclic amines) is 1. The summed E-state index contributed by atoms with van der Waals surface area (Å²) in [6.07, 6.45) is 2.78. The molecule has 0 aromatic carbocycles. The monoisotopic (exact) mass is 196 g/mol. The molecule has 2 amide bonds. The second kappa shape index (κ2) is 4.26. The molecule has 1 aliphatic heterocycles. The predicted molar refractivity (Wildman–Crippen MR) is 53.3 cm³/mol. The van der Waals surface area contributed by atoms with Gasteiger partial charge in [0.1, 0.15) is 6.04 Å². The minimum Gasteiger partial charge on any atom is -0.368 e. The molecule has 1 aliphatic rings. The summed E-state index contributed by atoms with van der Waals surface area (Å²) in [4.78, 5) is 24.1. The van der Waals surface area contributed by atoms with E-state index in [1.54, 1.807) is 11.0 Å². The zero-order valence-electron chi connectivity index (χ0n) is 8.40. The van der Waals surface area contributed by atoms with Crippen molar-refractivity contribution in [3.63, 3.8) is 0 Å². The third kappa shape index (κ3) is 1.95. The highest BCUT2D eigenvalue weighted by molar-refractivity contribution is 5.87. The number of primary amides is 1. The van der Waals surface area contributed by atoms with Gasteiger partial charge in [-0.2, -0.15) is 0 Å². The van der Waals surface area contributed by atoms with Crippen LogP contribution in [0.4, 0.5) is 0 Å². The van der Waals surface area contributed by atoms with Gasteiger partial charge in [0, 0.05) is 18.9 Å². The van der Waals surface area contributed by atoms with E-state index in [1.165, 1.54) is 0 Å². The Hall–Kier alpha value is -1.32. The lowest BCUT2D eigenvalue weighted by atomic mass is 10.1. The van der Waals surface area contributed by atoms with E-state index in [-0.39, 0.29) is 11.8 Å². The Morgan fingerprint density at radius 1 is 1.86 bits per heavy atom. The van der Waals surface area contributed by atoms with Crippen molar-refractivity contribution >= 4 is 11.8 Å². The smallest absolute Gasteiger partial charge is 0.240 e. The first-order valence-electron chi connectivity index (χ1n) is 4.81. The summed E-state index contributed by atoms with van der Waals surface area (Å²) in [5.74, 6) is -0.262. The quantitative estimate of drug-likeness (QED) is 0.657. The van der Waals surface area contributed by atoms with Crippen LogP contribution in [0.1, 0.15) is 19.8 Å². The number of carbonyl (C=O) groups is 2. The van der Waals surface area contributed by atoms with Crippen LogP contribution >= 0.6 is 0 Å². The summed E-state index contributed by atoms with van der Waals surface area (Å²) >= 11 is 0. The zero-order valence-corrected chi connectivity index (χ0v) is 8.40. The van der Waals surface area contributed by atoms with Crippen LogP contribution in [0.3, 0.4) is 0 Å². The average molecular weight is 196 g/mol. The van der Waals surface area contributed by atoms with Crippen molar-refractivity contribution in [2.24, 2.45) is 11.7 Å². The lowest BCUT2D eigenvalue weighted by Crippen LogP contribution is -2.45. The Morgan fingerprint density at radius 3 is 2.86 bits per heavy atom. The molecule has 0 aliphatic carbocycles. The van der Waals surface area contributed by atoms with E-state index < -0.39 is 11.9 Å². The van der Waals surface area contributed by atoms with E-state index >= 15 is 0 Å². The van der Waals surface area contributed by atoms with Crippen molar-refractivity contribution in [1.82, 2.24) is 4.90 Å². The molecule has 1 rings (SSSR count). The van der Waals surface area contributed by atoms with E-state index in [1.807, 2.05) is 6.92 Å². The summed E-state index contributed by atoms with van der Waals surface area (Å²) in [5.41, 5.74) is 5.22. The van der Waals surface area contributed by atoms with Gasteiger partial charge < -0.3 is 10.6 Å². The molecule has 1 fully saturated rings. The molecule has 0 saturated carbocycles. The fourth-order valence-electron chi connectivity index (χ4n) is 1.79. The first-order valence-corrected chi connectivity index (χ1v) is 4.81. The third-order valence-electron chi connectivity index (χ3n) is 2.61.